The molecule has 2 atom stereocenters. The number of aromatic nitrogens is 2. The highest BCUT2D eigenvalue weighted by molar-refractivity contribution is 7.20. The van der Waals surface area contributed by atoms with E-state index < -0.39 is 0 Å². The number of halogens is 2. The SMILES string of the molecule is CC1C(Cl)=CC=C(c2nc(N)nc3sc(C(=O)NC4CCN(C)CC4)cc23)C1Cl. The molecule has 1 saturated heterocycles. The van der Waals surface area contributed by atoms with Crippen molar-refractivity contribution in [2.45, 2.75) is 31.2 Å². The molecule has 1 aliphatic heterocycles. The van der Waals surface area contributed by atoms with Crippen LogP contribution in [0.1, 0.15) is 35.1 Å². The van der Waals surface area contributed by atoms with Crippen molar-refractivity contribution in [2.24, 2.45) is 5.92 Å². The molecule has 3 N–H and O–H groups in total. The van der Waals surface area contributed by atoms with Gasteiger partial charge in [0.2, 0.25) is 5.95 Å². The van der Waals surface area contributed by atoms with E-state index in [2.05, 4.69) is 27.2 Å². The van der Waals surface area contributed by atoms with Crippen LogP contribution < -0.4 is 11.1 Å². The molecule has 4 rings (SSSR count). The van der Waals surface area contributed by atoms with Crippen molar-refractivity contribution in [1.82, 2.24) is 20.2 Å². The van der Waals surface area contributed by atoms with Crippen molar-refractivity contribution in [1.29, 1.82) is 0 Å². The van der Waals surface area contributed by atoms with E-state index in [0.29, 0.717) is 20.4 Å². The number of nitrogen functional groups attached to an aromatic ring is 1. The minimum absolute atomic E-state index is 0.0320. The lowest BCUT2D eigenvalue weighted by Crippen LogP contribution is -2.43. The van der Waals surface area contributed by atoms with Gasteiger partial charge in [0.1, 0.15) is 4.83 Å². The standard InChI is InChI=1S/C20H23Cl2N5OS/c1-10-14(21)4-3-12(16(10)22)17-13-9-15(29-19(13)26-20(23)25-17)18(28)24-11-5-7-27(2)8-6-11/h3-4,9-11,16H,5-8H2,1-2H3,(H,24,28)(H2,23,25,26). The molecule has 2 aromatic heterocycles. The van der Waals surface area contributed by atoms with Gasteiger partial charge in [-0.05, 0) is 50.7 Å². The molecule has 1 amide bonds. The maximum atomic E-state index is 12.8. The van der Waals surface area contributed by atoms with Crippen LogP contribution in [0.3, 0.4) is 0 Å². The Kier molecular flexibility index (Phi) is 5.84. The molecule has 0 saturated carbocycles. The Balaban J connectivity index is 1.66. The molecule has 2 aliphatic rings. The Morgan fingerprint density at radius 2 is 2.03 bits per heavy atom. The molecule has 1 fully saturated rings. The molecule has 2 aromatic rings. The number of amides is 1. The smallest absolute Gasteiger partial charge is 0.261 e. The van der Waals surface area contributed by atoms with E-state index in [9.17, 15) is 4.79 Å². The fraction of sp³-hybridized carbons (Fsp3) is 0.450. The van der Waals surface area contributed by atoms with Gasteiger partial charge in [0.05, 0.1) is 15.9 Å². The second kappa shape index (κ2) is 8.22. The number of nitrogens with zero attached hydrogens (tertiary/aromatic N) is 3. The predicted octanol–water partition coefficient (Wildman–Crippen LogP) is 3.86. The van der Waals surface area contributed by atoms with Crippen LogP contribution in [0.4, 0.5) is 5.95 Å². The lowest BCUT2D eigenvalue weighted by molar-refractivity contribution is 0.0921. The van der Waals surface area contributed by atoms with Crippen LogP contribution in [0.5, 0.6) is 0 Å². The molecular formula is C20H23Cl2N5OS. The van der Waals surface area contributed by atoms with Gasteiger partial charge in [-0.25, -0.2) is 9.97 Å². The fourth-order valence-corrected chi connectivity index (χ4v) is 5.22. The van der Waals surface area contributed by atoms with Crippen molar-refractivity contribution >= 4 is 62.2 Å². The van der Waals surface area contributed by atoms with Gasteiger partial charge < -0.3 is 16.0 Å². The summed E-state index contributed by atoms with van der Waals surface area (Å²) in [5.41, 5.74) is 7.45. The zero-order valence-electron chi connectivity index (χ0n) is 16.3. The van der Waals surface area contributed by atoms with E-state index in [4.69, 9.17) is 28.9 Å². The van der Waals surface area contributed by atoms with Crippen LogP contribution in [0.2, 0.25) is 0 Å². The largest absolute Gasteiger partial charge is 0.368 e. The van der Waals surface area contributed by atoms with E-state index in [1.807, 2.05) is 25.1 Å². The third kappa shape index (κ3) is 4.14. The van der Waals surface area contributed by atoms with Crippen LogP contribution in [0, 0.1) is 5.92 Å². The van der Waals surface area contributed by atoms with Crippen molar-refractivity contribution in [2.75, 3.05) is 25.9 Å². The number of alkyl halides is 1. The lowest BCUT2D eigenvalue weighted by atomic mass is 9.92. The average Bonchev–Trinajstić information content (AvgIpc) is 3.12. The van der Waals surface area contributed by atoms with Gasteiger partial charge in [-0.15, -0.1) is 22.9 Å². The molecule has 9 heteroatoms. The topological polar surface area (TPSA) is 84.1 Å². The second-order valence-corrected chi connectivity index (χ2v) is 9.61. The van der Waals surface area contributed by atoms with E-state index in [0.717, 1.165) is 36.9 Å². The summed E-state index contributed by atoms with van der Waals surface area (Å²) in [6, 6.07) is 2.04. The van der Waals surface area contributed by atoms with E-state index in [-0.39, 0.29) is 29.2 Å². The number of thiophene rings is 1. The minimum atomic E-state index is -0.332. The van der Waals surface area contributed by atoms with Gasteiger partial charge in [-0.3, -0.25) is 4.79 Å². The Hall–Kier alpha value is -1.67. The molecule has 1 aliphatic carbocycles. The summed E-state index contributed by atoms with van der Waals surface area (Å²) >= 11 is 14.2. The molecule has 3 heterocycles. The molecule has 154 valence electrons. The molecule has 29 heavy (non-hydrogen) atoms. The van der Waals surface area contributed by atoms with E-state index >= 15 is 0 Å². The molecule has 0 radical (unpaired) electrons. The number of piperidine rings is 1. The first-order valence-corrected chi connectivity index (χ1v) is 11.2. The number of carbonyl (C=O) groups is 1. The number of carbonyl (C=O) groups excluding carboxylic acids is 1. The second-order valence-electron chi connectivity index (χ2n) is 7.67. The third-order valence-electron chi connectivity index (χ3n) is 5.55. The summed E-state index contributed by atoms with van der Waals surface area (Å²) in [7, 11) is 2.10. The number of fused-ring (bicyclic) bond motifs is 1. The van der Waals surface area contributed by atoms with Crippen molar-refractivity contribution < 1.29 is 4.79 Å². The molecular weight excluding hydrogens is 429 g/mol. The van der Waals surface area contributed by atoms with E-state index in [1.54, 1.807) is 0 Å². The number of anilines is 1. The average molecular weight is 452 g/mol. The van der Waals surface area contributed by atoms with Crippen LogP contribution in [0.15, 0.2) is 23.3 Å². The van der Waals surface area contributed by atoms with Gasteiger partial charge in [0.25, 0.3) is 5.91 Å². The Labute approximate surface area is 183 Å². The minimum Gasteiger partial charge on any atom is -0.368 e. The van der Waals surface area contributed by atoms with Gasteiger partial charge in [-0.2, -0.15) is 0 Å². The molecule has 0 bridgehead atoms. The number of allylic oxidation sites excluding steroid dienone is 4. The first kappa shape index (κ1) is 20.6. The number of hydrogen-bond acceptors (Lipinski definition) is 6. The summed E-state index contributed by atoms with van der Waals surface area (Å²) in [6.45, 7) is 3.95. The molecule has 0 aromatic carbocycles. The van der Waals surface area contributed by atoms with Crippen molar-refractivity contribution in [3.8, 4) is 0 Å². The van der Waals surface area contributed by atoms with Crippen LogP contribution in [-0.4, -0.2) is 52.3 Å². The Morgan fingerprint density at radius 1 is 1.31 bits per heavy atom. The highest BCUT2D eigenvalue weighted by atomic mass is 35.5. The molecule has 2 unspecified atom stereocenters. The Bertz CT molecular complexity index is 1010. The maximum Gasteiger partial charge on any atom is 0.261 e. The number of nitrogens with two attached hydrogens (primary N) is 1. The number of hydrogen-bond donors (Lipinski definition) is 2. The zero-order valence-corrected chi connectivity index (χ0v) is 18.6. The monoisotopic (exact) mass is 451 g/mol. The summed E-state index contributed by atoms with van der Waals surface area (Å²) in [4.78, 5) is 25.2. The normalized spacial score (nSPS) is 23.7. The quantitative estimate of drug-likeness (QED) is 0.691. The van der Waals surface area contributed by atoms with Gasteiger partial charge in [0.15, 0.2) is 0 Å². The first-order chi connectivity index (χ1) is 13.8. The predicted molar refractivity (Wildman–Crippen MR) is 121 cm³/mol. The summed E-state index contributed by atoms with van der Waals surface area (Å²) in [5, 5.41) is 4.31. The third-order valence-corrected chi connectivity index (χ3v) is 7.67. The van der Waals surface area contributed by atoms with Crippen LogP contribution >= 0.6 is 34.5 Å². The van der Waals surface area contributed by atoms with Crippen molar-refractivity contribution in [3.63, 3.8) is 0 Å². The number of rotatable bonds is 3. The summed E-state index contributed by atoms with van der Waals surface area (Å²) in [5.74, 6) is 0.0496. The first-order valence-electron chi connectivity index (χ1n) is 9.61. The fourth-order valence-electron chi connectivity index (χ4n) is 3.71. The molecule has 6 nitrogen and oxygen atoms in total. The van der Waals surface area contributed by atoms with Crippen LogP contribution in [0.25, 0.3) is 15.8 Å². The van der Waals surface area contributed by atoms with Gasteiger partial charge in [0, 0.05) is 22.4 Å². The maximum absolute atomic E-state index is 12.8. The highest BCUT2D eigenvalue weighted by Crippen LogP contribution is 2.40. The van der Waals surface area contributed by atoms with E-state index in [1.165, 1.54) is 11.3 Å². The van der Waals surface area contributed by atoms with Gasteiger partial charge >= 0.3 is 0 Å². The Morgan fingerprint density at radius 3 is 2.76 bits per heavy atom. The zero-order chi connectivity index (χ0) is 20.7. The summed E-state index contributed by atoms with van der Waals surface area (Å²) in [6.07, 6.45) is 5.62. The lowest BCUT2D eigenvalue weighted by Gasteiger charge is -2.29. The summed E-state index contributed by atoms with van der Waals surface area (Å²) < 4.78 is 0. The van der Waals surface area contributed by atoms with Crippen LogP contribution in [-0.2, 0) is 0 Å². The molecule has 0 spiro atoms. The van der Waals surface area contributed by atoms with Gasteiger partial charge in [-0.1, -0.05) is 24.6 Å². The van der Waals surface area contributed by atoms with Crippen molar-refractivity contribution in [3.05, 3.63) is 33.8 Å². The highest BCUT2D eigenvalue weighted by Gasteiger charge is 2.29. The number of likely N-dealkylation sites (tertiary alicyclic amines) is 1. The number of nitrogens with one attached hydrogen (secondary N) is 1.